The fourth-order valence-corrected chi connectivity index (χ4v) is 3.45. The fraction of sp³-hybridized carbons (Fsp3) is 0.176. The highest BCUT2D eigenvalue weighted by Crippen LogP contribution is 2.26. The van der Waals surface area contributed by atoms with Crippen molar-refractivity contribution < 1.29 is 5.11 Å². The molecule has 1 heterocycles. The number of thiophene rings is 1. The third kappa shape index (κ3) is 3.11. The lowest BCUT2D eigenvalue weighted by molar-refractivity contribution is 0.168. The minimum absolute atomic E-state index is 0.398. The number of aliphatic hydroxyl groups excluding tert-OH is 1. The van der Waals surface area contributed by atoms with Gasteiger partial charge in [-0.1, -0.05) is 40.2 Å². The summed E-state index contributed by atoms with van der Waals surface area (Å²) in [7, 11) is 0. The van der Waals surface area contributed by atoms with Gasteiger partial charge in [-0.3, -0.25) is 0 Å². The number of aryl methyl sites for hydroxylation is 1. The summed E-state index contributed by atoms with van der Waals surface area (Å²) in [4.78, 5) is 1.33. The van der Waals surface area contributed by atoms with Crippen LogP contribution in [0.2, 0.25) is 0 Å². The molecule has 1 unspecified atom stereocenters. The van der Waals surface area contributed by atoms with Crippen molar-refractivity contribution >= 4 is 38.0 Å². The maximum atomic E-state index is 10.3. The molecule has 0 aliphatic rings. The summed E-state index contributed by atoms with van der Waals surface area (Å²) in [6.07, 6.45) is 1.30. The SMILES string of the molecule is OC(CCc1cccs1)c1ccc2cc(Br)ccc2c1. The lowest BCUT2D eigenvalue weighted by Crippen LogP contribution is -1.98. The monoisotopic (exact) mass is 346 g/mol. The third-order valence-electron chi connectivity index (χ3n) is 3.46. The van der Waals surface area contributed by atoms with Crippen LogP contribution in [-0.2, 0) is 6.42 Å². The van der Waals surface area contributed by atoms with E-state index in [1.54, 1.807) is 11.3 Å². The normalized spacial score (nSPS) is 12.7. The Balaban J connectivity index is 1.77. The van der Waals surface area contributed by atoms with Gasteiger partial charge in [-0.25, -0.2) is 0 Å². The van der Waals surface area contributed by atoms with E-state index in [1.807, 2.05) is 12.1 Å². The van der Waals surface area contributed by atoms with Crippen LogP contribution in [0.5, 0.6) is 0 Å². The van der Waals surface area contributed by atoms with E-state index in [-0.39, 0.29) is 0 Å². The van der Waals surface area contributed by atoms with Crippen molar-refractivity contribution in [2.75, 3.05) is 0 Å². The third-order valence-corrected chi connectivity index (χ3v) is 4.88. The first-order chi connectivity index (χ1) is 9.72. The van der Waals surface area contributed by atoms with Crippen molar-refractivity contribution in [2.24, 2.45) is 0 Å². The zero-order valence-electron chi connectivity index (χ0n) is 10.9. The summed E-state index contributed by atoms with van der Waals surface area (Å²) in [5.74, 6) is 0. The molecule has 0 aliphatic heterocycles. The van der Waals surface area contributed by atoms with Crippen LogP contribution in [0, 0.1) is 0 Å². The van der Waals surface area contributed by atoms with Crippen molar-refractivity contribution in [3.05, 3.63) is 68.8 Å². The Morgan fingerprint density at radius 2 is 1.85 bits per heavy atom. The molecular formula is C17H15BrOS. The average molecular weight is 347 g/mol. The second-order valence-corrected chi connectivity index (χ2v) is 6.83. The quantitative estimate of drug-likeness (QED) is 0.676. The summed E-state index contributed by atoms with van der Waals surface area (Å²) in [6, 6.07) is 16.6. The molecule has 0 bridgehead atoms. The number of fused-ring (bicyclic) bond motifs is 1. The molecule has 1 aromatic heterocycles. The molecule has 0 spiro atoms. The summed E-state index contributed by atoms with van der Waals surface area (Å²) >= 11 is 5.23. The standard InChI is InChI=1S/C17H15BrOS/c18-15-6-5-12-10-14(4-3-13(12)11-15)17(19)8-7-16-2-1-9-20-16/h1-6,9-11,17,19H,7-8H2. The van der Waals surface area contributed by atoms with E-state index in [2.05, 4.69) is 57.7 Å². The summed E-state index contributed by atoms with van der Waals surface area (Å²) in [5, 5.41) is 14.8. The zero-order chi connectivity index (χ0) is 13.9. The van der Waals surface area contributed by atoms with Crippen molar-refractivity contribution in [1.29, 1.82) is 0 Å². The second kappa shape index (κ2) is 6.08. The van der Waals surface area contributed by atoms with Crippen LogP contribution < -0.4 is 0 Å². The molecule has 0 saturated carbocycles. The van der Waals surface area contributed by atoms with E-state index in [4.69, 9.17) is 0 Å². The van der Waals surface area contributed by atoms with Crippen LogP contribution in [0.1, 0.15) is 23.0 Å². The van der Waals surface area contributed by atoms with Crippen LogP contribution in [-0.4, -0.2) is 5.11 Å². The second-order valence-electron chi connectivity index (χ2n) is 4.88. The van der Waals surface area contributed by atoms with E-state index in [9.17, 15) is 5.11 Å². The van der Waals surface area contributed by atoms with Gasteiger partial charge in [0.15, 0.2) is 0 Å². The molecule has 1 nitrogen and oxygen atoms in total. The van der Waals surface area contributed by atoms with Crippen LogP contribution in [0.3, 0.4) is 0 Å². The van der Waals surface area contributed by atoms with E-state index in [0.29, 0.717) is 0 Å². The van der Waals surface area contributed by atoms with Crippen molar-refractivity contribution in [3.8, 4) is 0 Å². The van der Waals surface area contributed by atoms with Crippen LogP contribution in [0.4, 0.5) is 0 Å². The first-order valence-corrected chi connectivity index (χ1v) is 8.29. The fourth-order valence-electron chi connectivity index (χ4n) is 2.34. The molecule has 3 heteroatoms. The minimum Gasteiger partial charge on any atom is -0.388 e. The summed E-state index contributed by atoms with van der Waals surface area (Å²) in [5.41, 5.74) is 0.997. The molecule has 0 amide bonds. The number of hydrogen-bond donors (Lipinski definition) is 1. The van der Waals surface area contributed by atoms with E-state index in [0.717, 1.165) is 22.9 Å². The number of hydrogen-bond acceptors (Lipinski definition) is 2. The molecule has 2 aromatic carbocycles. The highest BCUT2D eigenvalue weighted by molar-refractivity contribution is 9.10. The number of halogens is 1. The number of benzene rings is 2. The van der Waals surface area contributed by atoms with E-state index < -0.39 is 6.10 Å². The van der Waals surface area contributed by atoms with Gasteiger partial charge in [-0.05, 0) is 58.8 Å². The molecular weight excluding hydrogens is 332 g/mol. The van der Waals surface area contributed by atoms with Crippen LogP contribution in [0.25, 0.3) is 10.8 Å². The minimum atomic E-state index is -0.398. The van der Waals surface area contributed by atoms with Crippen molar-refractivity contribution in [1.82, 2.24) is 0 Å². The summed E-state index contributed by atoms with van der Waals surface area (Å²) < 4.78 is 1.08. The lowest BCUT2D eigenvalue weighted by Gasteiger charge is -2.11. The Hall–Kier alpha value is -1.16. The van der Waals surface area contributed by atoms with Gasteiger partial charge < -0.3 is 5.11 Å². The Labute approximate surface area is 131 Å². The van der Waals surface area contributed by atoms with E-state index in [1.165, 1.54) is 15.6 Å². The van der Waals surface area contributed by atoms with Crippen molar-refractivity contribution in [2.45, 2.75) is 18.9 Å². The Bertz CT molecular complexity index is 706. The highest BCUT2D eigenvalue weighted by atomic mass is 79.9. The molecule has 1 atom stereocenters. The van der Waals surface area contributed by atoms with Gasteiger partial charge in [0.25, 0.3) is 0 Å². The van der Waals surface area contributed by atoms with Gasteiger partial charge >= 0.3 is 0 Å². The Morgan fingerprint density at radius 1 is 1.05 bits per heavy atom. The zero-order valence-corrected chi connectivity index (χ0v) is 13.3. The average Bonchev–Trinajstić information content (AvgIpc) is 2.97. The molecule has 0 aliphatic carbocycles. The molecule has 20 heavy (non-hydrogen) atoms. The maximum Gasteiger partial charge on any atom is 0.0793 e. The molecule has 0 saturated heterocycles. The number of rotatable bonds is 4. The van der Waals surface area contributed by atoms with Crippen LogP contribution >= 0.6 is 27.3 Å². The largest absolute Gasteiger partial charge is 0.388 e. The van der Waals surface area contributed by atoms with E-state index >= 15 is 0 Å². The van der Waals surface area contributed by atoms with Gasteiger partial charge in [0, 0.05) is 9.35 Å². The lowest BCUT2D eigenvalue weighted by atomic mass is 10.0. The molecule has 3 aromatic rings. The molecule has 102 valence electrons. The van der Waals surface area contributed by atoms with Crippen LogP contribution in [0.15, 0.2) is 58.4 Å². The van der Waals surface area contributed by atoms with Gasteiger partial charge in [-0.15, -0.1) is 11.3 Å². The van der Waals surface area contributed by atoms with Gasteiger partial charge in [0.2, 0.25) is 0 Å². The highest BCUT2D eigenvalue weighted by Gasteiger charge is 2.09. The number of aliphatic hydroxyl groups is 1. The van der Waals surface area contributed by atoms with Gasteiger partial charge in [0.1, 0.15) is 0 Å². The predicted octanol–water partition coefficient (Wildman–Crippen LogP) is 5.33. The first-order valence-electron chi connectivity index (χ1n) is 6.62. The molecule has 3 rings (SSSR count). The molecule has 0 fully saturated rings. The predicted molar refractivity (Wildman–Crippen MR) is 89.2 cm³/mol. The van der Waals surface area contributed by atoms with Gasteiger partial charge in [-0.2, -0.15) is 0 Å². The Morgan fingerprint density at radius 3 is 2.65 bits per heavy atom. The van der Waals surface area contributed by atoms with Crippen molar-refractivity contribution in [3.63, 3.8) is 0 Å². The Kier molecular flexibility index (Phi) is 4.20. The maximum absolute atomic E-state index is 10.3. The smallest absolute Gasteiger partial charge is 0.0793 e. The summed E-state index contributed by atoms with van der Waals surface area (Å²) in [6.45, 7) is 0. The first kappa shape index (κ1) is 13.8. The van der Waals surface area contributed by atoms with Gasteiger partial charge in [0.05, 0.1) is 6.10 Å². The molecule has 1 N–H and O–H groups in total. The topological polar surface area (TPSA) is 20.2 Å². The molecule has 0 radical (unpaired) electrons.